The van der Waals surface area contributed by atoms with Crippen molar-refractivity contribution in [1.29, 1.82) is 0 Å². The van der Waals surface area contributed by atoms with E-state index in [0.717, 1.165) is 73.0 Å². The Morgan fingerprint density at radius 3 is 1.36 bits per heavy atom. The van der Waals surface area contributed by atoms with Crippen molar-refractivity contribution in [3.63, 3.8) is 0 Å². The van der Waals surface area contributed by atoms with Crippen LogP contribution in [0.15, 0.2) is 74.6 Å². The maximum Gasteiger partial charge on any atom is 3.00 e. The topological polar surface area (TPSA) is 356 Å². The van der Waals surface area contributed by atoms with E-state index in [0.29, 0.717) is 40.6 Å². The molecule has 352 valence electrons. The van der Waals surface area contributed by atoms with Crippen molar-refractivity contribution in [1.82, 2.24) is 39.9 Å². The number of allylic oxidation sites excluding steroid dienone is 6. The van der Waals surface area contributed by atoms with Gasteiger partial charge in [0.2, 0.25) is 0 Å². The molecule has 0 spiro atoms. The van der Waals surface area contributed by atoms with Gasteiger partial charge in [-0.1, -0.05) is 65.8 Å². The van der Waals surface area contributed by atoms with E-state index in [1.165, 1.54) is 12.7 Å². The Kier molecular flexibility index (Phi) is 20.1. The van der Waals surface area contributed by atoms with Crippen molar-refractivity contribution in [2.75, 3.05) is 0 Å². The molecule has 2 aliphatic heterocycles. The Bertz CT molecular complexity index is 2770. The van der Waals surface area contributed by atoms with Crippen molar-refractivity contribution in [2.24, 2.45) is 11.5 Å². The smallest absolute Gasteiger partial charge is 0.693 e. The first-order chi connectivity index (χ1) is 31.4. The van der Waals surface area contributed by atoms with E-state index >= 15 is 0 Å². The standard InChI is InChI=1S/C34H34N4O4.2C6H9N3O2.Fe.O2/c1-7-21-17(3)25-13-26-19(5)23(9-11-33(39)40)31(37-26)16-32-24(10-12-34(41)42)20(6)28(38-32)15-30-22(8-2)18(4)27(36-30)14-29(21)35-25;2*7-5(6(10)11)1-4-2-8-3-9-4;;1-2/h7-8,13-16H,1-2,9-12H2,3-6H3,(H4,35,36,37,38,39,40,41,42);2*2-3,5H,1,7H2,(H,8,9)(H,10,11);;/q;;;+3;-1/p-2/t;2*5-;;/m.00../s1. The Morgan fingerprint density at radius 2 is 1.01 bits per heavy atom. The van der Waals surface area contributed by atoms with E-state index in [4.69, 9.17) is 52.1 Å². The zero-order valence-corrected chi connectivity index (χ0v) is 38.1. The van der Waals surface area contributed by atoms with Crippen molar-refractivity contribution in [3.8, 4) is 0 Å². The molecule has 2 atom stereocenters. The predicted octanol–water partition coefficient (Wildman–Crippen LogP) is 3.88. The number of aliphatic carboxylic acids is 4. The summed E-state index contributed by atoms with van der Waals surface area (Å²) in [5, 5.41) is 49.7. The molecule has 0 saturated carbocycles. The van der Waals surface area contributed by atoms with Gasteiger partial charge in [-0.05, 0) is 57.7 Å². The SMILES string of the molecule is C=CC1=C(C)c2cc3[n-]c(cc4[n-]c(cc5nc(cc1n2)C(C)=C5C=C)c(C)c4CCC(=O)O)c(CCC(=O)O)c3C.N[C@@H](Cc1cnc[nH]1)C(=O)O.N[C@@H](Cc1cnc[nH]1)C(=O)O.[Fe+3].[O][O-]. The number of hydrogen-bond acceptors (Lipinski definition) is 11. The molecule has 7 rings (SSSR count). The average Bonchev–Trinajstić information content (AvgIpc) is 4.15. The number of aryl methyl sites for hydroxylation is 4. The fourth-order valence-electron chi connectivity index (χ4n) is 7.05. The van der Waals surface area contributed by atoms with Crippen LogP contribution in [0.3, 0.4) is 0 Å². The van der Waals surface area contributed by atoms with E-state index < -0.39 is 36.0 Å². The zero-order valence-electron chi connectivity index (χ0n) is 37.0. The van der Waals surface area contributed by atoms with Gasteiger partial charge in [-0.15, -0.1) is 22.1 Å². The first kappa shape index (κ1) is 54.1. The van der Waals surface area contributed by atoms with Gasteiger partial charge in [0.1, 0.15) is 12.1 Å². The molecule has 5 aromatic heterocycles. The number of carboxylic acids is 4. The number of fused-ring (bicyclic) bond motifs is 8. The molecule has 0 amide bonds. The van der Waals surface area contributed by atoms with Crippen LogP contribution in [-0.4, -0.2) is 86.3 Å². The molecule has 0 aromatic carbocycles. The van der Waals surface area contributed by atoms with Gasteiger partial charge in [0.15, 0.2) is 0 Å². The molecule has 2 aliphatic rings. The molecule has 0 aliphatic carbocycles. The Hall–Kier alpha value is -7.26. The van der Waals surface area contributed by atoms with Gasteiger partial charge in [-0.2, -0.15) is 0 Å². The number of hydrogen-bond donors (Lipinski definition) is 8. The third kappa shape index (κ3) is 13.9. The number of nitrogens with zero attached hydrogens (tertiary/aromatic N) is 6. The summed E-state index contributed by atoms with van der Waals surface area (Å²) in [5.74, 6) is -3.80. The molecule has 8 bridgehead atoms. The van der Waals surface area contributed by atoms with Crippen LogP contribution < -0.4 is 26.7 Å². The quantitative estimate of drug-likeness (QED) is 0.0445. The minimum Gasteiger partial charge on any atom is -0.693 e. The Balaban J connectivity index is 0.000000388. The third-order valence-electron chi connectivity index (χ3n) is 10.7. The second kappa shape index (κ2) is 24.9. The van der Waals surface area contributed by atoms with Crippen LogP contribution in [0.4, 0.5) is 0 Å². The van der Waals surface area contributed by atoms with Crippen LogP contribution in [0.5, 0.6) is 0 Å². The summed E-state index contributed by atoms with van der Waals surface area (Å²) in [6.45, 7) is 15.9. The van der Waals surface area contributed by atoms with Crippen LogP contribution in [0.25, 0.3) is 44.4 Å². The van der Waals surface area contributed by atoms with Gasteiger partial charge < -0.3 is 62.3 Å². The Labute approximate surface area is 394 Å². The van der Waals surface area contributed by atoms with Gasteiger partial charge >= 0.3 is 40.9 Å². The van der Waals surface area contributed by atoms with E-state index in [2.05, 4.69) is 33.1 Å². The van der Waals surface area contributed by atoms with Crippen molar-refractivity contribution in [2.45, 2.75) is 78.3 Å². The molecule has 10 N–H and O–H groups in total. The molecule has 0 saturated heterocycles. The van der Waals surface area contributed by atoms with Gasteiger partial charge in [-0.25, -0.2) is 19.9 Å². The van der Waals surface area contributed by atoms with Crippen LogP contribution in [0.1, 0.15) is 83.1 Å². The summed E-state index contributed by atoms with van der Waals surface area (Å²) in [5.41, 5.74) is 24.6. The van der Waals surface area contributed by atoms with Crippen LogP contribution in [-0.2, 0) is 67.2 Å². The fraction of sp³-hybridized carbons (Fsp3) is 0.261. The maximum absolute atomic E-state index is 11.5. The number of nitrogens with one attached hydrogen (secondary N) is 2. The van der Waals surface area contributed by atoms with Crippen molar-refractivity contribution >= 4 is 68.2 Å². The predicted molar refractivity (Wildman–Crippen MR) is 242 cm³/mol. The number of carbonyl (C=O) groups is 4. The fourth-order valence-corrected chi connectivity index (χ4v) is 7.05. The summed E-state index contributed by atoms with van der Waals surface area (Å²) in [7, 11) is 0. The molecule has 21 heteroatoms. The van der Waals surface area contributed by atoms with Gasteiger partial charge in [-0.3, -0.25) is 19.2 Å². The van der Waals surface area contributed by atoms with E-state index in [9.17, 15) is 29.4 Å². The van der Waals surface area contributed by atoms with E-state index in [1.54, 1.807) is 24.5 Å². The molecule has 0 fully saturated rings. The summed E-state index contributed by atoms with van der Waals surface area (Å²) >= 11 is 0. The number of rotatable bonds is 14. The summed E-state index contributed by atoms with van der Waals surface area (Å²) < 4.78 is 0. The van der Waals surface area contributed by atoms with Crippen LogP contribution >= 0.6 is 0 Å². The largest absolute Gasteiger partial charge is 3.00 e. The number of imidazole rings is 2. The average molecular weight is 959 g/mol. The van der Waals surface area contributed by atoms with Crippen molar-refractivity contribution < 1.29 is 67.2 Å². The third-order valence-corrected chi connectivity index (χ3v) is 10.7. The number of aromatic amines is 2. The molecular weight excluding hydrogens is 908 g/mol. The number of H-pyrrole nitrogens is 2. The minimum absolute atomic E-state index is 0. The van der Waals surface area contributed by atoms with E-state index in [-0.39, 0.29) is 42.8 Å². The van der Waals surface area contributed by atoms with Gasteiger partial charge in [0.05, 0.1) is 35.4 Å². The minimum atomic E-state index is -1.00. The second-order valence-electron chi connectivity index (χ2n) is 15.0. The number of nitrogens with two attached hydrogens (primary N) is 2. The second-order valence-corrected chi connectivity index (χ2v) is 15.0. The summed E-state index contributed by atoms with van der Waals surface area (Å²) in [6.07, 6.45) is 10.7. The van der Waals surface area contributed by atoms with Crippen molar-refractivity contribution in [3.05, 3.63) is 131 Å². The number of carboxylic acid groups (broad SMARTS) is 4. The van der Waals surface area contributed by atoms with Gasteiger partial charge in [0, 0.05) is 60.6 Å². The molecule has 2 radical (unpaired) electrons. The molecule has 67 heavy (non-hydrogen) atoms. The summed E-state index contributed by atoms with van der Waals surface area (Å²) in [4.78, 5) is 76.3. The summed E-state index contributed by atoms with van der Waals surface area (Å²) in [6, 6.07) is 5.92. The van der Waals surface area contributed by atoms with Gasteiger partial charge in [0.25, 0.3) is 0 Å². The first-order valence-electron chi connectivity index (χ1n) is 20.2. The number of aromatic nitrogens is 8. The monoisotopic (exact) mass is 958 g/mol. The van der Waals surface area contributed by atoms with Crippen LogP contribution in [0, 0.1) is 13.8 Å². The van der Waals surface area contributed by atoms with Crippen LogP contribution in [0.2, 0.25) is 0 Å². The van der Waals surface area contributed by atoms with E-state index in [1.807, 2.05) is 52.0 Å². The molecule has 20 nitrogen and oxygen atoms in total. The first-order valence-corrected chi connectivity index (χ1v) is 20.2. The molecule has 0 unspecified atom stereocenters. The Morgan fingerprint density at radius 1 is 0.642 bits per heavy atom. The zero-order chi connectivity index (χ0) is 48.8. The molecule has 7 heterocycles. The maximum atomic E-state index is 11.5. The normalized spacial score (nSPS) is 12.5. The molecule has 5 aromatic rings. The molecular formula is C46H50FeN10O10.